The molecule has 0 aliphatic heterocycles. The van der Waals surface area contributed by atoms with Gasteiger partial charge >= 0.3 is 0 Å². The Morgan fingerprint density at radius 3 is 1.76 bits per heavy atom. The summed E-state index contributed by atoms with van der Waals surface area (Å²) in [7, 11) is 0. The molecule has 0 bridgehead atoms. The van der Waals surface area contributed by atoms with Gasteiger partial charge in [0.25, 0.3) is 0 Å². The maximum atomic E-state index is 13.1. The second kappa shape index (κ2) is 6.15. The van der Waals surface area contributed by atoms with Gasteiger partial charge in [-0.1, -0.05) is 72.3 Å². The van der Waals surface area contributed by atoms with E-state index >= 15 is 0 Å². The third-order valence-electron chi connectivity index (χ3n) is 4.32. The summed E-state index contributed by atoms with van der Waals surface area (Å²) in [5.74, 6) is -1.13. The van der Waals surface area contributed by atoms with Crippen LogP contribution in [0, 0.1) is 0 Å². The summed E-state index contributed by atoms with van der Waals surface area (Å²) < 4.78 is 0. The normalized spacial score (nSPS) is 10.9. The van der Waals surface area contributed by atoms with Crippen LogP contribution in [0.5, 0.6) is 0 Å². The fourth-order valence-electron chi connectivity index (χ4n) is 3.14. The lowest BCUT2D eigenvalue weighted by Gasteiger charge is -2.10. The maximum absolute atomic E-state index is 13.1. The lowest BCUT2D eigenvalue weighted by molar-refractivity contribution is 0.0819. The lowest BCUT2D eigenvalue weighted by atomic mass is 9.91. The predicted molar refractivity (Wildman–Crippen MR) is 102 cm³/mol. The number of carbonyl (C=O) groups is 2. The highest BCUT2D eigenvalue weighted by Gasteiger charge is 2.24. The SMILES string of the molecule is O=C(C(=O)c1c2ccccc2cc2ccccc12)c1ccccc1Cl. The van der Waals surface area contributed by atoms with E-state index in [0.29, 0.717) is 5.56 Å². The van der Waals surface area contributed by atoms with Crippen molar-refractivity contribution in [3.63, 3.8) is 0 Å². The van der Waals surface area contributed by atoms with Gasteiger partial charge in [-0.25, -0.2) is 0 Å². The molecule has 0 amide bonds. The van der Waals surface area contributed by atoms with Gasteiger partial charge in [-0.3, -0.25) is 9.59 Å². The zero-order chi connectivity index (χ0) is 17.4. The van der Waals surface area contributed by atoms with E-state index in [4.69, 9.17) is 11.6 Å². The van der Waals surface area contributed by atoms with Crippen LogP contribution in [0.1, 0.15) is 20.7 Å². The van der Waals surface area contributed by atoms with Gasteiger partial charge in [0.15, 0.2) is 0 Å². The summed E-state index contributed by atoms with van der Waals surface area (Å²) in [6.07, 6.45) is 0. The number of benzene rings is 4. The van der Waals surface area contributed by atoms with Crippen molar-refractivity contribution >= 4 is 44.7 Å². The van der Waals surface area contributed by atoms with E-state index < -0.39 is 11.6 Å². The van der Waals surface area contributed by atoms with E-state index in [1.807, 2.05) is 54.6 Å². The van der Waals surface area contributed by atoms with E-state index in [1.54, 1.807) is 24.3 Å². The van der Waals surface area contributed by atoms with Gasteiger partial charge in [0.2, 0.25) is 11.6 Å². The number of carbonyl (C=O) groups excluding carboxylic acids is 2. The van der Waals surface area contributed by atoms with Crippen molar-refractivity contribution in [2.24, 2.45) is 0 Å². The van der Waals surface area contributed by atoms with Crippen LogP contribution in [0.2, 0.25) is 5.02 Å². The van der Waals surface area contributed by atoms with Crippen molar-refractivity contribution in [3.05, 3.63) is 95.0 Å². The highest BCUT2D eigenvalue weighted by Crippen LogP contribution is 2.30. The van der Waals surface area contributed by atoms with E-state index in [1.165, 1.54) is 0 Å². The molecule has 0 saturated carbocycles. The molecule has 25 heavy (non-hydrogen) atoms. The molecular weight excluding hydrogens is 332 g/mol. The van der Waals surface area contributed by atoms with E-state index in [9.17, 15) is 9.59 Å². The van der Waals surface area contributed by atoms with Crippen molar-refractivity contribution < 1.29 is 9.59 Å². The standard InChI is InChI=1S/C22H13ClO2/c23-19-12-6-5-11-18(19)21(24)22(25)20-16-9-3-1-7-14(16)13-15-8-2-4-10-17(15)20/h1-13H. The number of fused-ring (bicyclic) bond motifs is 2. The highest BCUT2D eigenvalue weighted by atomic mass is 35.5. The molecule has 4 aromatic rings. The molecule has 2 nitrogen and oxygen atoms in total. The number of halogens is 1. The zero-order valence-electron chi connectivity index (χ0n) is 13.2. The van der Waals surface area contributed by atoms with Crippen molar-refractivity contribution in [1.82, 2.24) is 0 Å². The summed E-state index contributed by atoms with van der Waals surface area (Å²) in [5.41, 5.74) is 0.657. The molecule has 3 heteroatoms. The molecule has 0 fully saturated rings. The molecule has 0 aliphatic rings. The van der Waals surface area contributed by atoms with Gasteiger partial charge in [0.1, 0.15) is 0 Å². The van der Waals surface area contributed by atoms with Crippen molar-refractivity contribution in [2.75, 3.05) is 0 Å². The van der Waals surface area contributed by atoms with E-state index in [-0.39, 0.29) is 10.6 Å². The molecule has 0 atom stereocenters. The first-order chi connectivity index (χ1) is 12.2. The molecule has 0 aromatic heterocycles. The molecule has 0 aliphatic carbocycles. The van der Waals surface area contributed by atoms with Crippen molar-refractivity contribution in [3.8, 4) is 0 Å². The van der Waals surface area contributed by atoms with E-state index in [0.717, 1.165) is 21.5 Å². The smallest absolute Gasteiger partial charge is 0.235 e. The molecule has 4 aromatic carbocycles. The Morgan fingerprint density at radius 2 is 1.16 bits per heavy atom. The van der Waals surface area contributed by atoms with Gasteiger partial charge < -0.3 is 0 Å². The average molecular weight is 345 g/mol. The number of hydrogen-bond donors (Lipinski definition) is 0. The first-order valence-corrected chi connectivity index (χ1v) is 8.28. The van der Waals surface area contributed by atoms with Gasteiger partial charge in [-0.05, 0) is 39.7 Å². The highest BCUT2D eigenvalue weighted by molar-refractivity contribution is 6.54. The summed E-state index contributed by atoms with van der Waals surface area (Å²) in [6, 6.07) is 23.9. The molecule has 4 rings (SSSR count). The predicted octanol–water partition coefficient (Wildman–Crippen LogP) is 5.71. The molecule has 0 heterocycles. The summed E-state index contributed by atoms with van der Waals surface area (Å²) in [6.45, 7) is 0. The van der Waals surface area contributed by atoms with Gasteiger partial charge in [-0.15, -0.1) is 0 Å². The minimum atomic E-state index is -0.591. The third kappa shape index (κ3) is 2.61. The van der Waals surface area contributed by atoms with Crippen LogP contribution in [-0.2, 0) is 0 Å². The van der Waals surface area contributed by atoms with Crippen LogP contribution in [0.3, 0.4) is 0 Å². The molecule has 0 radical (unpaired) electrons. The monoisotopic (exact) mass is 344 g/mol. The largest absolute Gasteiger partial charge is 0.285 e. The van der Waals surface area contributed by atoms with Crippen LogP contribution in [0.25, 0.3) is 21.5 Å². The molecule has 0 N–H and O–H groups in total. The summed E-state index contributed by atoms with van der Waals surface area (Å²) in [5, 5.41) is 3.68. The summed E-state index contributed by atoms with van der Waals surface area (Å²) in [4.78, 5) is 25.9. The zero-order valence-corrected chi connectivity index (χ0v) is 14.0. The Bertz CT molecular complexity index is 1090. The molecule has 0 unspecified atom stereocenters. The number of hydrogen-bond acceptors (Lipinski definition) is 2. The quantitative estimate of drug-likeness (QED) is 0.271. The molecule has 0 spiro atoms. The van der Waals surface area contributed by atoms with Gasteiger partial charge in [0, 0.05) is 11.1 Å². The average Bonchev–Trinajstić information content (AvgIpc) is 2.65. The van der Waals surface area contributed by atoms with Gasteiger partial charge in [0.05, 0.1) is 5.02 Å². The van der Waals surface area contributed by atoms with Crippen LogP contribution in [-0.4, -0.2) is 11.6 Å². The molecule has 120 valence electrons. The van der Waals surface area contributed by atoms with Gasteiger partial charge in [-0.2, -0.15) is 0 Å². The Morgan fingerprint density at radius 1 is 0.640 bits per heavy atom. The molecular formula is C22H13ClO2. The lowest BCUT2D eigenvalue weighted by Crippen LogP contribution is -2.16. The van der Waals surface area contributed by atoms with Crippen LogP contribution in [0.4, 0.5) is 0 Å². The van der Waals surface area contributed by atoms with Crippen LogP contribution < -0.4 is 0 Å². The summed E-state index contributed by atoms with van der Waals surface area (Å²) >= 11 is 6.11. The van der Waals surface area contributed by atoms with E-state index in [2.05, 4.69) is 0 Å². The Labute approximate surface area is 149 Å². The number of rotatable bonds is 3. The van der Waals surface area contributed by atoms with Crippen molar-refractivity contribution in [1.29, 1.82) is 0 Å². The maximum Gasteiger partial charge on any atom is 0.235 e. The van der Waals surface area contributed by atoms with Crippen LogP contribution >= 0.6 is 11.6 Å². The Kier molecular flexibility index (Phi) is 3.83. The third-order valence-corrected chi connectivity index (χ3v) is 4.65. The fourth-order valence-corrected chi connectivity index (χ4v) is 3.36. The second-order valence-corrected chi connectivity index (χ2v) is 6.24. The fraction of sp³-hybridized carbons (Fsp3) is 0. The first-order valence-electron chi connectivity index (χ1n) is 7.91. The number of Topliss-reactive ketones (excluding diaryl/α,β-unsaturated/α-hetero) is 2. The van der Waals surface area contributed by atoms with Crippen molar-refractivity contribution in [2.45, 2.75) is 0 Å². The molecule has 0 saturated heterocycles. The first kappa shape index (κ1) is 15.6. The second-order valence-electron chi connectivity index (χ2n) is 5.83. The van der Waals surface area contributed by atoms with Crippen LogP contribution in [0.15, 0.2) is 78.9 Å². The minimum absolute atomic E-state index is 0.228. The Hall–Kier alpha value is -2.97. The Balaban J connectivity index is 2.00. The number of ketones is 2. The minimum Gasteiger partial charge on any atom is -0.285 e. The topological polar surface area (TPSA) is 34.1 Å².